The molecule has 2 N–H and O–H groups in total. The summed E-state index contributed by atoms with van der Waals surface area (Å²) in [5.41, 5.74) is 5.27. The lowest BCUT2D eigenvalue weighted by Crippen LogP contribution is -2.43. The summed E-state index contributed by atoms with van der Waals surface area (Å²) < 4.78 is 12.2. The van der Waals surface area contributed by atoms with Gasteiger partial charge in [0.1, 0.15) is 13.2 Å². The molecule has 0 radical (unpaired) electrons. The van der Waals surface area contributed by atoms with Crippen LogP contribution in [-0.2, 0) is 17.8 Å². The molecule has 9 heteroatoms. The molecule has 154 valence electrons. The lowest BCUT2D eigenvalue weighted by molar-refractivity contribution is -0.121. The first-order valence-corrected chi connectivity index (χ1v) is 9.54. The highest BCUT2D eigenvalue weighted by Crippen LogP contribution is 2.30. The Bertz CT molecular complexity index is 1190. The van der Waals surface area contributed by atoms with Crippen LogP contribution < -0.4 is 25.9 Å². The molecule has 2 amide bonds. The van der Waals surface area contributed by atoms with Crippen molar-refractivity contribution in [2.75, 3.05) is 13.2 Å². The van der Waals surface area contributed by atoms with E-state index in [1.54, 1.807) is 49.4 Å². The fourth-order valence-corrected chi connectivity index (χ4v) is 3.23. The molecule has 0 bridgehead atoms. The minimum Gasteiger partial charge on any atom is -0.486 e. The molecule has 30 heavy (non-hydrogen) atoms. The molecule has 0 saturated heterocycles. The number of aromatic nitrogens is 2. The summed E-state index contributed by atoms with van der Waals surface area (Å²) in [5, 5.41) is 4.95. The number of hydrazine groups is 1. The van der Waals surface area contributed by atoms with Crippen molar-refractivity contribution in [3.8, 4) is 11.5 Å². The summed E-state index contributed by atoms with van der Waals surface area (Å²) in [4.78, 5) is 37.3. The summed E-state index contributed by atoms with van der Waals surface area (Å²) in [7, 11) is 0. The van der Waals surface area contributed by atoms with Crippen LogP contribution in [0.2, 0.25) is 0 Å². The van der Waals surface area contributed by atoms with E-state index in [0.717, 1.165) is 0 Å². The van der Waals surface area contributed by atoms with Crippen molar-refractivity contribution in [1.82, 2.24) is 20.6 Å². The number of hydrogen-bond donors (Lipinski definition) is 2. The van der Waals surface area contributed by atoms with E-state index in [-0.39, 0.29) is 17.7 Å². The number of rotatable bonds is 4. The van der Waals surface area contributed by atoms with Crippen LogP contribution in [0.25, 0.3) is 10.8 Å². The smallest absolute Gasteiger partial charge is 0.290 e. The molecule has 0 fully saturated rings. The maximum Gasteiger partial charge on any atom is 0.290 e. The number of carbonyl (C=O) groups excluding carboxylic acids is 2. The lowest BCUT2D eigenvalue weighted by atomic mass is 10.1. The maximum absolute atomic E-state index is 12.6. The molecule has 1 aromatic heterocycles. The summed E-state index contributed by atoms with van der Waals surface area (Å²) in [6.45, 7) is 3.03. The monoisotopic (exact) mass is 408 g/mol. The number of aryl methyl sites for hydroxylation is 1. The number of nitrogens with one attached hydrogen (secondary N) is 2. The molecule has 1 aliphatic rings. The average molecular weight is 408 g/mol. The largest absolute Gasteiger partial charge is 0.486 e. The quantitative estimate of drug-likeness (QED) is 0.628. The fourth-order valence-electron chi connectivity index (χ4n) is 3.23. The predicted octanol–water partition coefficient (Wildman–Crippen LogP) is 1.19. The van der Waals surface area contributed by atoms with Gasteiger partial charge in [0.05, 0.1) is 11.8 Å². The molecule has 0 spiro atoms. The number of fused-ring (bicyclic) bond motifs is 2. The van der Waals surface area contributed by atoms with Crippen LogP contribution in [0.1, 0.15) is 23.0 Å². The molecule has 0 unspecified atom stereocenters. The van der Waals surface area contributed by atoms with Gasteiger partial charge in [-0.1, -0.05) is 24.3 Å². The lowest BCUT2D eigenvalue weighted by Gasteiger charge is -2.18. The van der Waals surface area contributed by atoms with Gasteiger partial charge in [0.2, 0.25) is 5.91 Å². The second kappa shape index (κ2) is 8.24. The van der Waals surface area contributed by atoms with Crippen LogP contribution in [-0.4, -0.2) is 34.8 Å². The zero-order chi connectivity index (χ0) is 21.1. The van der Waals surface area contributed by atoms with Crippen molar-refractivity contribution in [1.29, 1.82) is 0 Å². The fraction of sp³-hybridized carbons (Fsp3) is 0.238. The highest BCUT2D eigenvalue weighted by Gasteiger charge is 2.17. The van der Waals surface area contributed by atoms with Crippen LogP contribution in [0.5, 0.6) is 11.5 Å². The van der Waals surface area contributed by atoms with Crippen molar-refractivity contribution in [2.24, 2.45) is 0 Å². The second-order valence-corrected chi connectivity index (χ2v) is 6.67. The maximum atomic E-state index is 12.6. The van der Waals surface area contributed by atoms with Gasteiger partial charge in [0.15, 0.2) is 17.2 Å². The van der Waals surface area contributed by atoms with Gasteiger partial charge in [-0.2, -0.15) is 5.10 Å². The Morgan fingerprint density at radius 2 is 1.77 bits per heavy atom. The molecule has 0 saturated carbocycles. The van der Waals surface area contributed by atoms with Gasteiger partial charge >= 0.3 is 0 Å². The van der Waals surface area contributed by atoms with E-state index in [4.69, 9.17) is 9.47 Å². The Morgan fingerprint density at radius 3 is 2.53 bits per heavy atom. The first kappa shape index (κ1) is 19.4. The first-order valence-electron chi connectivity index (χ1n) is 9.54. The summed E-state index contributed by atoms with van der Waals surface area (Å²) >= 11 is 0. The zero-order valence-electron chi connectivity index (χ0n) is 16.3. The van der Waals surface area contributed by atoms with E-state index in [1.165, 1.54) is 4.68 Å². The predicted molar refractivity (Wildman–Crippen MR) is 108 cm³/mol. The minimum atomic E-state index is -0.607. The molecule has 1 aliphatic heterocycles. The third-order valence-corrected chi connectivity index (χ3v) is 4.67. The summed E-state index contributed by atoms with van der Waals surface area (Å²) in [5.74, 6) is 0.216. The number of nitrogens with zero attached hydrogens (tertiary/aromatic N) is 2. The van der Waals surface area contributed by atoms with E-state index in [9.17, 15) is 14.4 Å². The van der Waals surface area contributed by atoms with Gasteiger partial charge in [0.25, 0.3) is 11.5 Å². The standard InChI is InChI=1S/C21H20N4O5/c1-2-25-21(28)15-6-4-3-5-14(15)19(24-25)20(27)23-22-18(26)12-13-7-8-16-17(11-13)30-10-9-29-16/h3-8,11H,2,9-10,12H2,1H3,(H,22,26)(H,23,27). The second-order valence-electron chi connectivity index (χ2n) is 6.67. The molecule has 2 heterocycles. The Balaban J connectivity index is 1.47. The van der Waals surface area contributed by atoms with Crippen molar-refractivity contribution in [2.45, 2.75) is 19.9 Å². The molecule has 0 atom stereocenters. The van der Waals surface area contributed by atoms with E-state index in [0.29, 0.717) is 47.6 Å². The highest BCUT2D eigenvalue weighted by molar-refractivity contribution is 6.05. The Labute approximate surface area is 171 Å². The van der Waals surface area contributed by atoms with Crippen molar-refractivity contribution in [3.63, 3.8) is 0 Å². The summed E-state index contributed by atoms with van der Waals surface area (Å²) in [6, 6.07) is 12.0. The van der Waals surface area contributed by atoms with Crippen LogP contribution >= 0.6 is 0 Å². The van der Waals surface area contributed by atoms with E-state index < -0.39 is 11.8 Å². The van der Waals surface area contributed by atoms with Crippen molar-refractivity contribution in [3.05, 3.63) is 64.1 Å². The number of hydrogen-bond acceptors (Lipinski definition) is 6. The van der Waals surface area contributed by atoms with Crippen LogP contribution in [0.3, 0.4) is 0 Å². The topological polar surface area (TPSA) is 112 Å². The van der Waals surface area contributed by atoms with Crippen LogP contribution in [0.15, 0.2) is 47.3 Å². The van der Waals surface area contributed by atoms with Crippen LogP contribution in [0.4, 0.5) is 0 Å². The van der Waals surface area contributed by atoms with Gasteiger partial charge in [-0.05, 0) is 30.7 Å². The number of ether oxygens (including phenoxy) is 2. The van der Waals surface area contributed by atoms with Crippen LogP contribution in [0, 0.1) is 0 Å². The molecular formula is C21H20N4O5. The molecular weight excluding hydrogens is 388 g/mol. The van der Waals surface area contributed by atoms with E-state index in [1.807, 2.05) is 0 Å². The highest BCUT2D eigenvalue weighted by atomic mass is 16.6. The number of amides is 2. The Hall–Kier alpha value is -3.88. The molecule has 9 nitrogen and oxygen atoms in total. The zero-order valence-corrected chi connectivity index (χ0v) is 16.3. The molecule has 3 aromatic rings. The van der Waals surface area contributed by atoms with Gasteiger partial charge in [0, 0.05) is 11.9 Å². The molecule has 0 aliphatic carbocycles. The SMILES string of the molecule is CCn1nc(C(=O)NNC(=O)Cc2ccc3c(c2)OCCO3)c2ccccc2c1=O. The van der Waals surface area contributed by atoms with Gasteiger partial charge < -0.3 is 9.47 Å². The Morgan fingerprint density at radius 1 is 1.03 bits per heavy atom. The number of carbonyl (C=O) groups is 2. The van der Waals surface area contributed by atoms with Crippen molar-refractivity contribution >= 4 is 22.6 Å². The third kappa shape index (κ3) is 3.82. The summed E-state index contributed by atoms with van der Waals surface area (Å²) in [6.07, 6.45) is 0.0412. The van der Waals surface area contributed by atoms with E-state index in [2.05, 4.69) is 16.0 Å². The minimum absolute atomic E-state index is 0.0412. The molecule has 4 rings (SSSR count). The normalized spacial score (nSPS) is 12.4. The first-order chi connectivity index (χ1) is 14.6. The van der Waals surface area contributed by atoms with Gasteiger partial charge in [-0.3, -0.25) is 25.2 Å². The van der Waals surface area contributed by atoms with Gasteiger partial charge in [-0.15, -0.1) is 0 Å². The van der Waals surface area contributed by atoms with Gasteiger partial charge in [-0.25, -0.2) is 4.68 Å². The third-order valence-electron chi connectivity index (χ3n) is 4.67. The average Bonchev–Trinajstić information content (AvgIpc) is 2.78. The molecule has 2 aromatic carbocycles. The van der Waals surface area contributed by atoms with Crippen molar-refractivity contribution < 1.29 is 19.1 Å². The van der Waals surface area contributed by atoms with E-state index >= 15 is 0 Å². The Kier molecular flexibility index (Phi) is 5.34. The number of benzene rings is 2.